The van der Waals surface area contributed by atoms with E-state index in [9.17, 15) is 9.59 Å². The van der Waals surface area contributed by atoms with E-state index in [2.05, 4.69) is 312 Å². The summed E-state index contributed by atoms with van der Waals surface area (Å²) >= 11 is 5.98. The largest absolute Gasteiger partial charge is 1.00 e. The van der Waals surface area contributed by atoms with Crippen molar-refractivity contribution in [2.45, 2.75) is 176 Å². The summed E-state index contributed by atoms with van der Waals surface area (Å²) in [6.07, 6.45) is 22.0. The van der Waals surface area contributed by atoms with Gasteiger partial charge in [0.05, 0.1) is 0 Å². The van der Waals surface area contributed by atoms with Gasteiger partial charge in [-0.3, -0.25) is 9.59 Å². The van der Waals surface area contributed by atoms with Crippen molar-refractivity contribution in [1.29, 1.82) is 0 Å². The molecule has 5 aromatic heterocycles. The number of nitrogens with zero attached hydrogens (tertiary/aromatic N) is 5. The molecule has 15 rings (SSSR count). The number of aromatic nitrogens is 5. The molecule has 15 aromatic rings. The van der Waals surface area contributed by atoms with Crippen LogP contribution < -0.4 is 268 Å². The smallest absolute Gasteiger partial charge is 0.470 e. The number of rotatable bonds is 14. The van der Waals surface area contributed by atoms with Crippen LogP contribution in [0.1, 0.15) is 178 Å². The van der Waals surface area contributed by atoms with Crippen molar-refractivity contribution in [3.05, 3.63) is 431 Å². The molecule has 0 fully saturated rings. The van der Waals surface area contributed by atoms with Gasteiger partial charge >= 0.3 is 257 Å². The number of anilines is 2. The fourth-order valence-corrected chi connectivity index (χ4v) is 10.3. The first-order chi connectivity index (χ1) is 57.9. The van der Waals surface area contributed by atoms with E-state index in [0.717, 1.165) is 77.8 Å². The minimum atomic E-state index is -0.193. The number of hydrogen-bond donors (Lipinski definition) is 2. The maximum atomic E-state index is 11.7. The number of hydrogen-bond acceptors (Lipinski definition) is 12. The molecular weight excluding hydrogens is 1710 g/mol. The summed E-state index contributed by atoms with van der Waals surface area (Å²) in [5.41, 5.74) is 13.3. The average Bonchev–Trinajstić information content (AvgIpc) is 1.17. The molecule has 0 saturated heterocycles. The molecule has 0 unspecified atom stereocenters. The van der Waals surface area contributed by atoms with E-state index in [1.165, 1.54) is 50.6 Å². The first-order valence-corrected chi connectivity index (χ1v) is 40.4. The molecule has 0 aliphatic carbocycles. The van der Waals surface area contributed by atoms with Gasteiger partial charge in [-0.2, -0.15) is 169 Å². The number of halogens is 1. The summed E-state index contributed by atoms with van der Waals surface area (Å²) in [4.78, 5) is 23.3. The van der Waals surface area contributed by atoms with Gasteiger partial charge < -0.3 is 33.2 Å². The Balaban J connectivity index is 0.000000704. The van der Waals surface area contributed by atoms with Gasteiger partial charge in [0.25, 0.3) is 0 Å². The summed E-state index contributed by atoms with van der Waals surface area (Å²) < 4.78 is 24.5. The fraction of sp³-hybridized carbons (Fsp3) is 0.255. The molecule has 126 heavy (non-hydrogen) atoms. The van der Waals surface area contributed by atoms with E-state index in [1.807, 2.05) is 115 Å². The predicted octanol–water partition coefficient (Wildman–Crippen LogP) is 10.7. The average molecular weight is 1830 g/mol. The monoisotopic (exact) mass is 1820 g/mol. The zero-order valence-corrected chi connectivity index (χ0v) is 94.0. The van der Waals surface area contributed by atoms with E-state index in [-0.39, 0.29) is 296 Å². The minimum Gasteiger partial charge on any atom is -0.470 e. The number of benzene rings is 10. The molecule has 0 bridgehead atoms. The molecule has 0 atom stereocenters. The normalized spacial score (nSPS) is 10.3. The van der Waals surface area contributed by atoms with Crippen LogP contribution in [0.4, 0.5) is 11.4 Å². The molecule has 0 aliphatic rings. The van der Waals surface area contributed by atoms with Crippen molar-refractivity contribution in [1.82, 2.24) is 25.8 Å². The summed E-state index contributed by atoms with van der Waals surface area (Å²) in [5, 5.41) is 23.7. The Bertz CT molecular complexity index is 4820. The third kappa shape index (κ3) is 53.2. The van der Waals surface area contributed by atoms with Crippen LogP contribution in [-0.2, 0) is 68.8 Å². The number of carbonyl (C=O) groups excluding carboxylic acids is 2. The van der Waals surface area contributed by atoms with Gasteiger partial charge in [-0.05, 0) is 135 Å². The Kier molecular flexibility index (Phi) is 63.2. The van der Waals surface area contributed by atoms with E-state index < -0.39 is 0 Å². The Morgan fingerprint density at radius 3 is 0.905 bits per heavy atom. The quantitative estimate of drug-likeness (QED) is 0.0597. The minimum absolute atomic E-state index is 0. The van der Waals surface area contributed by atoms with E-state index >= 15 is 0 Å². The van der Waals surface area contributed by atoms with E-state index in [4.69, 9.17) is 34.2 Å². The van der Waals surface area contributed by atoms with Gasteiger partial charge in [-0.1, -0.05) is 266 Å². The van der Waals surface area contributed by atoms with Crippen LogP contribution in [0.25, 0.3) is 17.2 Å². The molecule has 2 N–H and O–H groups in total. The number of carbonyl (C=O) groups is 2. The second-order valence-electron chi connectivity index (χ2n) is 32.7. The van der Waals surface area contributed by atoms with Crippen LogP contribution in [-0.4, -0.2) is 37.6 Å². The second kappa shape index (κ2) is 66.7. The number of amides is 2. The zero-order valence-electron chi connectivity index (χ0n) is 77.6. The number of aryl methyl sites for hydroxylation is 6. The van der Waals surface area contributed by atoms with Crippen molar-refractivity contribution in [2.24, 2.45) is 0 Å². The first kappa shape index (κ1) is 119. The maximum absolute atomic E-state index is 11.7. The maximum Gasteiger partial charge on any atom is 1.00 e. The van der Waals surface area contributed by atoms with E-state index in [0.29, 0.717) is 11.4 Å². The molecule has 5 heterocycles. The Labute approximate surface area is 968 Å². The van der Waals surface area contributed by atoms with Crippen molar-refractivity contribution in [3.63, 3.8) is 0 Å². The number of nitrogens with one attached hydrogen (secondary N) is 2. The van der Waals surface area contributed by atoms with Crippen LogP contribution in [0.3, 0.4) is 0 Å². The van der Waals surface area contributed by atoms with Crippen molar-refractivity contribution in [3.8, 4) is 11.1 Å². The zero-order chi connectivity index (χ0) is 87.6. The van der Waals surface area contributed by atoms with Crippen molar-refractivity contribution < 1.29 is 289 Å². The predicted molar refractivity (Wildman–Crippen MR) is 487 cm³/mol. The standard InChI is InChI=1S/C15H11ClNO.C15H14NO.C15H15.C14H13.C12H9.5C7H10NO.5K/c16-14-9-5-4-6-12(14)10-11-15(18)17-13-7-2-1-3-8-13;17-15(16-14-9-5-2-6-10-14)12-11-13-7-3-1-4-8-13;1-13-7-9-15(10-8-13)12-11-14-5-3-2-4-6-14;1-3-7-13(8-4-1)11-12-14-9-5-2-6-10-14;1-3-7-11(8-4-1)12-9-5-2-6-10-12;5*1-7(2,3)6-4-5-8-9-6;;;;;/h2-11H,(H,17,18);1,3-10H,11-12H2,(H,16,17);3-10H,11-12H2,1H3;1,3-10H,11-12H2;1,3-10H;5*4H,1-3H3;;;;;/q10*-1;5*+1/b11-10+;;;;;;;;;;;;;;. The van der Waals surface area contributed by atoms with E-state index in [1.54, 1.807) is 78.9 Å². The van der Waals surface area contributed by atoms with Gasteiger partial charge in [-0.15, -0.1) is 60.8 Å². The Hall–Kier alpha value is -4.60. The summed E-state index contributed by atoms with van der Waals surface area (Å²) in [5.74, 6) is 4.23. The molecule has 20 heteroatoms. The van der Waals surface area contributed by atoms with Crippen molar-refractivity contribution in [2.75, 3.05) is 10.6 Å². The molecule has 2 amide bonds. The molecule has 10 aromatic carbocycles. The van der Waals surface area contributed by atoms with Crippen LogP contribution in [0, 0.1) is 68.2 Å². The molecule has 0 aliphatic heterocycles. The molecule has 0 spiro atoms. The summed E-state index contributed by atoms with van der Waals surface area (Å²) in [7, 11) is 0. The SMILES string of the molecule is CC(C)(C)c1c[c-]no1.CC(C)(C)c1c[c-]no1.CC(C)(C)c1c[c-]no1.CC(C)(C)c1c[c-]no1.CC(C)(C)c1c[c-]no1.Cc1ccc(CCc2cc[c-]cc2)cc1.O=C(/C=C/c1ccccc1Cl)Nc1cc[c-]cc1.O=C(CCc1ccccc1)Nc1cc[c-]cc1.[K+].[K+].[K+].[K+].[K+].[c-]1ccc(-c2ccccc2)cc1.[c-]1ccc(CCc2ccccc2)cc1. The van der Waals surface area contributed by atoms with Gasteiger partial charge in [-0.25, -0.2) is 25.8 Å². The molecule has 14 nitrogen and oxygen atoms in total. The van der Waals surface area contributed by atoms with Gasteiger partial charge in [0.1, 0.15) is 0 Å². The first-order valence-electron chi connectivity index (χ1n) is 40.1. The van der Waals surface area contributed by atoms with Crippen molar-refractivity contribution >= 4 is 40.9 Å². The third-order valence-corrected chi connectivity index (χ3v) is 17.6. The molecule has 0 saturated carbocycles. The third-order valence-electron chi connectivity index (χ3n) is 17.2. The molecule has 630 valence electrons. The topological polar surface area (TPSA) is 188 Å². The fourth-order valence-electron chi connectivity index (χ4n) is 10.1. The molecule has 0 radical (unpaired) electrons. The van der Waals surface area contributed by atoms with Gasteiger partial charge in [0, 0.05) is 17.5 Å². The van der Waals surface area contributed by atoms with Crippen LogP contribution in [0.2, 0.25) is 5.02 Å². The van der Waals surface area contributed by atoms with Crippen LogP contribution >= 0.6 is 11.6 Å². The van der Waals surface area contributed by atoms with Crippen LogP contribution in [0.15, 0.2) is 320 Å². The summed E-state index contributed by atoms with van der Waals surface area (Å²) in [6.45, 7) is 33.2. The van der Waals surface area contributed by atoms with Crippen LogP contribution in [0.5, 0.6) is 0 Å². The summed E-state index contributed by atoms with van der Waals surface area (Å²) in [6, 6.07) is 109. The molecular formula is C106H112ClK5N7O7-5. The second-order valence-corrected chi connectivity index (χ2v) is 33.2. The van der Waals surface area contributed by atoms with Gasteiger partial charge in [0.15, 0.2) is 0 Å². The Morgan fingerprint density at radius 2 is 0.595 bits per heavy atom. The Morgan fingerprint density at radius 1 is 0.325 bits per heavy atom. The van der Waals surface area contributed by atoms with Gasteiger partial charge in [0.2, 0.25) is 11.8 Å².